The van der Waals surface area contributed by atoms with Gasteiger partial charge in [0.2, 0.25) is 0 Å². The smallest absolute Gasteiger partial charge is 0.0548 e. The normalized spacial score (nSPS) is 12.6. The molecule has 0 atom stereocenters. The van der Waals surface area contributed by atoms with Crippen molar-refractivity contribution < 1.29 is 0 Å². The summed E-state index contributed by atoms with van der Waals surface area (Å²) in [6.07, 6.45) is 0. The fourth-order valence-corrected chi connectivity index (χ4v) is 8.87. The molecule has 0 radical (unpaired) electrons. The first-order valence-corrected chi connectivity index (χ1v) is 17.7. The molecule has 0 N–H and O–H groups in total. The summed E-state index contributed by atoms with van der Waals surface area (Å²) in [7, 11) is 0. The van der Waals surface area contributed by atoms with Gasteiger partial charge in [-0.2, -0.15) is 0 Å². The molecule has 0 bridgehead atoms. The molecule has 1 aliphatic carbocycles. The predicted molar refractivity (Wildman–Crippen MR) is 213 cm³/mol. The maximum absolute atomic E-state index is 2.47. The van der Waals surface area contributed by atoms with Crippen molar-refractivity contribution in [3.8, 4) is 33.6 Å². The van der Waals surface area contributed by atoms with Crippen molar-refractivity contribution in [1.29, 1.82) is 0 Å². The van der Waals surface area contributed by atoms with E-state index in [2.05, 4.69) is 197 Å². The second-order valence-corrected chi connectivity index (χ2v) is 13.7. The number of nitrogens with zero attached hydrogens (tertiary/aromatic N) is 2. The van der Waals surface area contributed by atoms with Crippen LogP contribution in [0.4, 0.5) is 0 Å². The lowest BCUT2D eigenvalue weighted by atomic mass is 9.89. The molecule has 11 rings (SSSR count). The Kier molecular flexibility index (Phi) is 6.05. The molecule has 51 heavy (non-hydrogen) atoms. The van der Waals surface area contributed by atoms with E-state index in [0.29, 0.717) is 0 Å². The molecule has 8 aromatic carbocycles. The molecule has 0 amide bonds. The summed E-state index contributed by atoms with van der Waals surface area (Å²) in [5.74, 6) is 0.198. The van der Waals surface area contributed by atoms with Crippen LogP contribution in [-0.4, -0.2) is 9.13 Å². The molecule has 0 unspecified atom stereocenters. The molecule has 0 fully saturated rings. The zero-order valence-electron chi connectivity index (χ0n) is 27.9. The van der Waals surface area contributed by atoms with Gasteiger partial charge in [0.15, 0.2) is 0 Å². The average molecular weight is 649 g/mol. The average Bonchev–Trinajstić information content (AvgIpc) is 3.84. The standard InChI is InChI=1S/C49H32N2/c1-2-13-32(14-3-1)33-25-27-35(28-26-33)50-43-23-10-8-21-41(43)48-45(50)29-30-46-49(48)42-22-9-11-24-44(42)51(46)36-16-12-15-34(31-36)47-39-19-6-4-17-37(39)38-18-5-7-20-40(38)47/h1-31,47H. The Morgan fingerprint density at radius 2 is 0.843 bits per heavy atom. The van der Waals surface area contributed by atoms with Gasteiger partial charge in [-0.1, -0.05) is 140 Å². The van der Waals surface area contributed by atoms with Crippen LogP contribution in [0.5, 0.6) is 0 Å². The van der Waals surface area contributed by atoms with E-state index in [-0.39, 0.29) is 5.92 Å². The third-order valence-electron chi connectivity index (χ3n) is 11.0. The van der Waals surface area contributed by atoms with Crippen molar-refractivity contribution in [2.24, 2.45) is 0 Å². The van der Waals surface area contributed by atoms with Crippen LogP contribution in [0.1, 0.15) is 22.6 Å². The fourth-order valence-electron chi connectivity index (χ4n) is 8.87. The summed E-state index contributed by atoms with van der Waals surface area (Å²) in [6, 6.07) is 69.0. The van der Waals surface area contributed by atoms with Crippen molar-refractivity contribution in [2.45, 2.75) is 5.92 Å². The predicted octanol–water partition coefficient (Wildman–Crippen LogP) is 12.7. The van der Waals surface area contributed by atoms with Gasteiger partial charge in [0.05, 0.1) is 22.1 Å². The molecule has 2 nitrogen and oxygen atoms in total. The summed E-state index contributed by atoms with van der Waals surface area (Å²) < 4.78 is 4.90. The first-order chi connectivity index (χ1) is 25.3. The van der Waals surface area contributed by atoms with Crippen molar-refractivity contribution in [3.05, 3.63) is 205 Å². The summed E-state index contributed by atoms with van der Waals surface area (Å²) in [6.45, 7) is 0. The maximum Gasteiger partial charge on any atom is 0.0548 e. The van der Waals surface area contributed by atoms with E-state index in [1.807, 2.05) is 0 Å². The quantitative estimate of drug-likeness (QED) is 0.180. The van der Waals surface area contributed by atoms with Gasteiger partial charge in [-0.15, -0.1) is 0 Å². The van der Waals surface area contributed by atoms with E-state index >= 15 is 0 Å². The number of aromatic nitrogens is 2. The Bertz CT molecular complexity index is 2910. The zero-order chi connectivity index (χ0) is 33.5. The first-order valence-electron chi connectivity index (χ1n) is 17.7. The zero-order valence-corrected chi connectivity index (χ0v) is 27.9. The van der Waals surface area contributed by atoms with Gasteiger partial charge >= 0.3 is 0 Å². The second kappa shape index (κ2) is 10.9. The van der Waals surface area contributed by atoms with Crippen LogP contribution in [0.25, 0.3) is 77.2 Å². The van der Waals surface area contributed by atoms with E-state index in [9.17, 15) is 0 Å². The third kappa shape index (κ3) is 4.11. The van der Waals surface area contributed by atoms with Crippen molar-refractivity contribution in [1.82, 2.24) is 9.13 Å². The van der Waals surface area contributed by atoms with Gasteiger partial charge < -0.3 is 9.13 Å². The molecule has 0 aliphatic heterocycles. The van der Waals surface area contributed by atoms with Gasteiger partial charge in [0.1, 0.15) is 0 Å². The van der Waals surface area contributed by atoms with E-state index in [0.717, 1.165) is 5.69 Å². The topological polar surface area (TPSA) is 9.86 Å². The van der Waals surface area contributed by atoms with Crippen LogP contribution in [-0.2, 0) is 0 Å². The van der Waals surface area contributed by atoms with Crippen molar-refractivity contribution >= 4 is 43.6 Å². The van der Waals surface area contributed by atoms with Gasteiger partial charge in [0.25, 0.3) is 0 Å². The Hall–Kier alpha value is -6.64. The highest BCUT2D eigenvalue weighted by Gasteiger charge is 2.30. The number of fused-ring (bicyclic) bond motifs is 10. The minimum Gasteiger partial charge on any atom is -0.309 e. The Labute approximate surface area is 296 Å². The minimum absolute atomic E-state index is 0.198. The fraction of sp³-hybridized carbons (Fsp3) is 0.0204. The molecule has 0 saturated heterocycles. The third-order valence-corrected chi connectivity index (χ3v) is 11.0. The second-order valence-electron chi connectivity index (χ2n) is 13.7. The molecular weight excluding hydrogens is 617 g/mol. The number of hydrogen-bond donors (Lipinski definition) is 0. The van der Waals surface area contributed by atoms with Crippen LogP contribution in [0, 0.1) is 0 Å². The Balaban J connectivity index is 1.14. The van der Waals surface area contributed by atoms with Crippen LogP contribution < -0.4 is 0 Å². The number of para-hydroxylation sites is 2. The monoisotopic (exact) mass is 648 g/mol. The number of hydrogen-bond acceptors (Lipinski definition) is 0. The Morgan fingerprint density at radius 1 is 0.333 bits per heavy atom. The highest BCUT2D eigenvalue weighted by atomic mass is 15.0. The number of rotatable bonds is 4. The summed E-state index contributed by atoms with van der Waals surface area (Å²) in [5, 5.41) is 5.12. The lowest BCUT2D eigenvalue weighted by Crippen LogP contribution is -2.01. The molecule has 1 aliphatic rings. The SMILES string of the molecule is c1ccc(-c2ccc(-n3c4ccccc4c4c5c6ccccc6n(-c6cccc(C7c8ccccc8-c8ccccc87)c6)c5ccc43)cc2)cc1. The van der Waals surface area contributed by atoms with Gasteiger partial charge in [-0.25, -0.2) is 0 Å². The number of benzene rings is 8. The lowest BCUT2D eigenvalue weighted by Gasteiger charge is -2.17. The Morgan fingerprint density at radius 3 is 1.47 bits per heavy atom. The van der Waals surface area contributed by atoms with Gasteiger partial charge in [0, 0.05) is 38.8 Å². The van der Waals surface area contributed by atoms with Gasteiger partial charge in [-0.3, -0.25) is 0 Å². The van der Waals surface area contributed by atoms with Crippen LogP contribution in [0.15, 0.2) is 188 Å². The van der Waals surface area contributed by atoms with Crippen molar-refractivity contribution in [2.75, 3.05) is 0 Å². The summed E-state index contributed by atoms with van der Waals surface area (Å²) >= 11 is 0. The molecule has 10 aromatic rings. The summed E-state index contributed by atoms with van der Waals surface area (Å²) in [5.41, 5.74) is 16.4. The molecule has 2 heterocycles. The highest BCUT2D eigenvalue weighted by molar-refractivity contribution is 6.28. The van der Waals surface area contributed by atoms with E-state index in [1.165, 1.54) is 88.2 Å². The molecule has 0 saturated carbocycles. The highest BCUT2D eigenvalue weighted by Crippen LogP contribution is 2.48. The lowest BCUT2D eigenvalue weighted by molar-refractivity contribution is 1.01. The molecule has 2 heteroatoms. The van der Waals surface area contributed by atoms with E-state index in [4.69, 9.17) is 0 Å². The largest absolute Gasteiger partial charge is 0.309 e. The van der Waals surface area contributed by atoms with Crippen molar-refractivity contribution in [3.63, 3.8) is 0 Å². The minimum atomic E-state index is 0.198. The molecule has 2 aromatic heterocycles. The van der Waals surface area contributed by atoms with Gasteiger partial charge in [-0.05, 0) is 87.5 Å². The molecule has 0 spiro atoms. The van der Waals surface area contributed by atoms with Crippen LogP contribution in [0.2, 0.25) is 0 Å². The molecule has 238 valence electrons. The van der Waals surface area contributed by atoms with Crippen LogP contribution >= 0.6 is 0 Å². The van der Waals surface area contributed by atoms with E-state index in [1.54, 1.807) is 0 Å². The first kappa shape index (κ1) is 28.2. The van der Waals surface area contributed by atoms with E-state index < -0.39 is 0 Å². The van der Waals surface area contributed by atoms with Crippen LogP contribution in [0.3, 0.4) is 0 Å². The molecular formula is C49H32N2. The summed E-state index contributed by atoms with van der Waals surface area (Å²) in [4.78, 5) is 0. The maximum atomic E-state index is 2.47.